The van der Waals surface area contributed by atoms with E-state index in [0.717, 1.165) is 6.07 Å². The first-order valence-electron chi connectivity index (χ1n) is 6.43. The predicted octanol–water partition coefficient (Wildman–Crippen LogP) is 2.57. The molecule has 5 heteroatoms. The third-order valence-electron chi connectivity index (χ3n) is 3.62. The molecule has 2 rings (SSSR count). The first-order valence-corrected chi connectivity index (χ1v) is 6.43. The van der Waals surface area contributed by atoms with E-state index in [-0.39, 0.29) is 12.0 Å². The van der Waals surface area contributed by atoms with Crippen LogP contribution in [0.3, 0.4) is 0 Å². The van der Waals surface area contributed by atoms with E-state index in [9.17, 15) is 23.4 Å². The first-order chi connectivity index (χ1) is 10.0. The lowest BCUT2D eigenvalue weighted by Gasteiger charge is -2.30. The molecule has 0 aliphatic carbocycles. The molecular weight excluding hydrogens is 281 g/mol. The maximum absolute atomic E-state index is 13.8. The van der Waals surface area contributed by atoms with Gasteiger partial charge in [0.15, 0.2) is 11.6 Å². The molecule has 0 aliphatic rings. The second kappa shape index (κ2) is 6.28. The highest BCUT2D eigenvalue weighted by Gasteiger charge is 2.32. The standard InChI is InChI=1S/C16H15F3O2/c17-13-6-4-12(5-7-13)16(9-20,10-21)8-11-2-1-3-14(18)15(11)19/h1-7,20-21H,8-10H2. The summed E-state index contributed by atoms with van der Waals surface area (Å²) in [5.74, 6) is -2.46. The van der Waals surface area contributed by atoms with Crippen molar-refractivity contribution >= 4 is 0 Å². The van der Waals surface area contributed by atoms with Gasteiger partial charge in [0.2, 0.25) is 0 Å². The number of halogens is 3. The highest BCUT2D eigenvalue weighted by atomic mass is 19.2. The molecule has 0 atom stereocenters. The van der Waals surface area contributed by atoms with Gasteiger partial charge in [-0.15, -0.1) is 0 Å². The van der Waals surface area contributed by atoms with Crippen LogP contribution in [0.1, 0.15) is 11.1 Å². The summed E-state index contributed by atoms with van der Waals surface area (Å²) in [5, 5.41) is 19.3. The minimum absolute atomic E-state index is 0.0439. The third-order valence-corrected chi connectivity index (χ3v) is 3.62. The van der Waals surface area contributed by atoms with Gasteiger partial charge < -0.3 is 10.2 Å². The summed E-state index contributed by atoms with van der Waals surface area (Å²) in [6, 6.07) is 8.96. The fraction of sp³-hybridized carbons (Fsp3) is 0.250. The zero-order chi connectivity index (χ0) is 15.5. The second-order valence-corrected chi connectivity index (χ2v) is 4.99. The molecule has 2 N–H and O–H groups in total. The molecule has 0 unspecified atom stereocenters. The molecule has 2 aromatic rings. The number of aliphatic hydroxyl groups excluding tert-OH is 2. The van der Waals surface area contributed by atoms with Crippen LogP contribution in [0.2, 0.25) is 0 Å². The molecule has 0 saturated carbocycles. The van der Waals surface area contributed by atoms with Crippen molar-refractivity contribution in [1.29, 1.82) is 0 Å². The minimum atomic E-state index is -1.21. The third kappa shape index (κ3) is 3.09. The van der Waals surface area contributed by atoms with Gasteiger partial charge in [-0.3, -0.25) is 0 Å². The van der Waals surface area contributed by atoms with Crippen LogP contribution in [0.5, 0.6) is 0 Å². The normalized spacial score (nSPS) is 11.7. The van der Waals surface area contributed by atoms with Crippen molar-refractivity contribution in [2.24, 2.45) is 0 Å². The molecule has 21 heavy (non-hydrogen) atoms. The van der Waals surface area contributed by atoms with Crippen molar-refractivity contribution in [3.63, 3.8) is 0 Å². The molecular formula is C16H15F3O2. The predicted molar refractivity (Wildman–Crippen MR) is 72.3 cm³/mol. The Labute approximate surface area is 120 Å². The Bertz CT molecular complexity index is 607. The highest BCUT2D eigenvalue weighted by Crippen LogP contribution is 2.29. The fourth-order valence-electron chi connectivity index (χ4n) is 2.30. The number of hydrogen-bond donors (Lipinski definition) is 2. The van der Waals surface area contributed by atoms with E-state index in [0.29, 0.717) is 5.56 Å². The van der Waals surface area contributed by atoms with Crippen LogP contribution < -0.4 is 0 Å². The smallest absolute Gasteiger partial charge is 0.162 e. The Hall–Kier alpha value is -1.85. The Morgan fingerprint density at radius 3 is 2.05 bits per heavy atom. The summed E-state index contributed by atoms with van der Waals surface area (Å²) in [4.78, 5) is 0. The van der Waals surface area contributed by atoms with E-state index in [1.165, 1.54) is 36.4 Å². The fourth-order valence-corrected chi connectivity index (χ4v) is 2.30. The quantitative estimate of drug-likeness (QED) is 0.890. The van der Waals surface area contributed by atoms with Crippen molar-refractivity contribution in [3.8, 4) is 0 Å². The summed E-state index contributed by atoms with van der Waals surface area (Å²) in [7, 11) is 0. The molecule has 2 aromatic carbocycles. The summed E-state index contributed by atoms with van der Waals surface area (Å²) in [5.41, 5.74) is -0.706. The van der Waals surface area contributed by atoms with Crippen molar-refractivity contribution < 1.29 is 23.4 Å². The second-order valence-electron chi connectivity index (χ2n) is 4.99. The van der Waals surface area contributed by atoms with Crippen molar-refractivity contribution in [2.75, 3.05) is 13.2 Å². The molecule has 0 aromatic heterocycles. The van der Waals surface area contributed by atoms with Gasteiger partial charge in [0.1, 0.15) is 5.82 Å². The summed E-state index contributed by atoms with van der Waals surface area (Å²) >= 11 is 0. The molecule has 0 saturated heterocycles. The maximum atomic E-state index is 13.8. The zero-order valence-corrected chi connectivity index (χ0v) is 11.2. The lowest BCUT2D eigenvalue weighted by atomic mass is 9.76. The molecule has 0 heterocycles. The van der Waals surface area contributed by atoms with Crippen LogP contribution in [-0.2, 0) is 11.8 Å². The first kappa shape index (κ1) is 15.5. The van der Waals surface area contributed by atoms with Gasteiger partial charge in [-0.1, -0.05) is 24.3 Å². The molecule has 0 amide bonds. The van der Waals surface area contributed by atoms with Gasteiger partial charge in [0.05, 0.1) is 13.2 Å². The van der Waals surface area contributed by atoms with Gasteiger partial charge in [-0.05, 0) is 35.7 Å². The zero-order valence-electron chi connectivity index (χ0n) is 11.2. The van der Waals surface area contributed by atoms with Crippen LogP contribution in [0.25, 0.3) is 0 Å². The van der Waals surface area contributed by atoms with Crippen LogP contribution in [0.4, 0.5) is 13.2 Å². The van der Waals surface area contributed by atoms with E-state index in [2.05, 4.69) is 0 Å². The van der Waals surface area contributed by atoms with Gasteiger partial charge in [0.25, 0.3) is 0 Å². The lowest BCUT2D eigenvalue weighted by molar-refractivity contribution is 0.115. The van der Waals surface area contributed by atoms with Crippen molar-refractivity contribution in [2.45, 2.75) is 11.8 Å². The summed E-state index contributed by atoms with van der Waals surface area (Å²) in [6.45, 7) is -0.962. The van der Waals surface area contributed by atoms with E-state index in [1.807, 2.05) is 0 Å². The molecule has 0 aliphatic heterocycles. The molecule has 0 spiro atoms. The van der Waals surface area contributed by atoms with Crippen LogP contribution in [0.15, 0.2) is 42.5 Å². The molecule has 0 fully saturated rings. The largest absolute Gasteiger partial charge is 0.395 e. The average Bonchev–Trinajstić information content (AvgIpc) is 2.50. The average molecular weight is 296 g/mol. The Balaban J connectivity index is 2.43. The number of hydrogen-bond acceptors (Lipinski definition) is 2. The number of benzene rings is 2. The van der Waals surface area contributed by atoms with E-state index in [1.54, 1.807) is 0 Å². The van der Waals surface area contributed by atoms with Crippen molar-refractivity contribution in [3.05, 3.63) is 71.0 Å². The van der Waals surface area contributed by atoms with E-state index < -0.39 is 36.1 Å². The number of aliphatic hydroxyl groups is 2. The summed E-state index contributed by atoms with van der Waals surface area (Å²) < 4.78 is 40.0. The monoisotopic (exact) mass is 296 g/mol. The Morgan fingerprint density at radius 2 is 1.48 bits per heavy atom. The van der Waals surface area contributed by atoms with Crippen LogP contribution in [0, 0.1) is 17.5 Å². The van der Waals surface area contributed by atoms with Crippen molar-refractivity contribution in [1.82, 2.24) is 0 Å². The van der Waals surface area contributed by atoms with Gasteiger partial charge in [-0.2, -0.15) is 0 Å². The lowest BCUT2D eigenvalue weighted by Crippen LogP contribution is -2.37. The molecule has 0 bridgehead atoms. The van der Waals surface area contributed by atoms with Gasteiger partial charge in [0, 0.05) is 5.41 Å². The molecule has 112 valence electrons. The topological polar surface area (TPSA) is 40.5 Å². The minimum Gasteiger partial charge on any atom is -0.395 e. The van der Waals surface area contributed by atoms with Gasteiger partial charge >= 0.3 is 0 Å². The van der Waals surface area contributed by atoms with Crippen LogP contribution in [-0.4, -0.2) is 23.4 Å². The SMILES string of the molecule is OCC(CO)(Cc1cccc(F)c1F)c1ccc(F)cc1. The van der Waals surface area contributed by atoms with E-state index >= 15 is 0 Å². The molecule has 0 radical (unpaired) electrons. The Kier molecular flexibility index (Phi) is 4.65. The maximum Gasteiger partial charge on any atom is 0.162 e. The highest BCUT2D eigenvalue weighted by molar-refractivity contribution is 5.31. The van der Waals surface area contributed by atoms with E-state index in [4.69, 9.17) is 0 Å². The number of rotatable bonds is 5. The van der Waals surface area contributed by atoms with Gasteiger partial charge in [-0.25, -0.2) is 13.2 Å². The summed E-state index contributed by atoms with van der Waals surface area (Å²) in [6.07, 6.45) is -0.102. The molecule has 2 nitrogen and oxygen atoms in total. The van der Waals surface area contributed by atoms with Crippen LogP contribution >= 0.6 is 0 Å². The Morgan fingerprint density at radius 1 is 0.857 bits per heavy atom.